The van der Waals surface area contributed by atoms with Gasteiger partial charge in [-0.2, -0.15) is 0 Å². The third kappa shape index (κ3) is 1.39. The summed E-state index contributed by atoms with van der Waals surface area (Å²) in [5.74, 6) is 1.17. The van der Waals surface area contributed by atoms with Gasteiger partial charge in [-0.3, -0.25) is 0 Å². The lowest BCUT2D eigenvalue weighted by Gasteiger charge is -2.60. The van der Waals surface area contributed by atoms with Crippen LogP contribution in [0.15, 0.2) is 12.2 Å². The largest absolute Gasteiger partial charge is 0.388 e. The number of hydrogen-bond acceptors (Lipinski definition) is 1. The maximum absolute atomic E-state index is 10.8. The molecule has 0 saturated heterocycles. The molecule has 1 N–H and O–H groups in total. The normalized spacial score (nSPS) is 44.9. The molecule has 2 rings (SSSR count). The Hall–Kier alpha value is -0.300. The molecule has 3 atom stereocenters. The Balaban J connectivity index is 2.19. The second-order valence-electron chi connectivity index (χ2n) is 6.20. The van der Waals surface area contributed by atoms with Crippen LogP contribution in [-0.2, 0) is 0 Å². The maximum Gasteiger partial charge on any atom is 0.0802 e. The minimum absolute atomic E-state index is 0.0662. The van der Waals surface area contributed by atoms with Crippen LogP contribution in [0.4, 0.5) is 0 Å². The Morgan fingerprint density at radius 1 is 1.27 bits per heavy atom. The lowest BCUT2D eigenvalue weighted by Crippen LogP contribution is -2.61. The molecular formula is C14H24O. The molecule has 0 aliphatic heterocycles. The number of hydrogen-bond donors (Lipinski definition) is 1. The van der Waals surface area contributed by atoms with Gasteiger partial charge >= 0.3 is 0 Å². The van der Waals surface area contributed by atoms with Crippen LogP contribution in [-0.4, -0.2) is 10.7 Å². The monoisotopic (exact) mass is 208 g/mol. The summed E-state index contributed by atoms with van der Waals surface area (Å²) in [5.41, 5.74) is 0.690. The van der Waals surface area contributed by atoms with Gasteiger partial charge in [0.05, 0.1) is 5.60 Å². The molecule has 0 aromatic heterocycles. The first-order chi connectivity index (χ1) is 6.89. The average Bonchev–Trinajstić information content (AvgIpc) is 2.18. The van der Waals surface area contributed by atoms with Crippen molar-refractivity contribution in [3.8, 4) is 0 Å². The molecule has 2 saturated carbocycles. The van der Waals surface area contributed by atoms with Gasteiger partial charge in [0.2, 0.25) is 0 Å². The van der Waals surface area contributed by atoms with Gasteiger partial charge in [-0.25, -0.2) is 0 Å². The van der Waals surface area contributed by atoms with E-state index < -0.39 is 5.60 Å². The van der Waals surface area contributed by atoms with Crippen LogP contribution >= 0.6 is 0 Å². The standard InChI is InChI=1S/C14H24O/c1-10-7-5-6-8-12(10)14(15)9-11(2)13(14,3)4/h10,12,15H,2,5-9H2,1,3-4H3/t10-,12+,14?/m1/s1. The van der Waals surface area contributed by atoms with Crippen LogP contribution in [0, 0.1) is 17.3 Å². The van der Waals surface area contributed by atoms with Gasteiger partial charge in [0.15, 0.2) is 0 Å². The van der Waals surface area contributed by atoms with E-state index in [2.05, 4.69) is 27.4 Å². The summed E-state index contributed by atoms with van der Waals surface area (Å²) in [6.45, 7) is 10.7. The first-order valence-electron chi connectivity index (χ1n) is 6.30. The summed E-state index contributed by atoms with van der Waals surface area (Å²) in [6, 6.07) is 0. The van der Waals surface area contributed by atoms with Gasteiger partial charge < -0.3 is 5.11 Å². The van der Waals surface area contributed by atoms with Crippen LogP contribution in [0.25, 0.3) is 0 Å². The van der Waals surface area contributed by atoms with Crippen LogP contribution in [0.2, 0.25) is 0 Å². The molecule has 1 unspecified atom stereocenters. The predicted molar refractivity (Wildman–Crippen MR) is 63.6 cm³/mol. The number of rotatable bonds is 1. The Morgan fingerprint density at radius 3 is 2.33 bits per heavy atom. The van der Waals surface area contributed by atoms with Crippen molar-refractivity contribution < 1.29 is 5.11 Å². The fourth-order valence-corrected chi connectivity index (χ4v) is 3.59. The van der Waals surface area contributed by atoms with Crippen molar-refractivity contribution >= 4 is 0 Å². The summed E-state index contributed by atoms with van der Waals surface area (Å²) in [7, 11) is 0. The quantitative estimate of drug-likeness (QED) is 0.654. The summed E-state index contributed by atoms with van der Waals surface area (Å²) in [6.07, 6.45) is 5.95. The van der Waals surface area contributed by atoms with Crippen molar-refractivity contribution in [1.29, 1.82) is 0 Å². The molecule has 2 fully saturated rings. The van der Waals surface area contributed by atoms with E-state index in [4.69, 9.17) is 0 Å². The first-order valence-corrected chi connectivity index (χ1v) is 6.30. The molecule has 1 heteroatoms. The second kappa shape index (κ2) is 3.35. The van der Waals surface area contributed by atoms with Crippen molar-refractivity contribution in [2.75, 3.05) is 0 Å². The Bertz CT molecular complexity index is 279. The molecule has 2 aliphatic rings. The minimum Gasteiger partial charge on any atom is -0.388 e. The molecule has 0 aromatic carbocycles. The molecule has 86 valence electrons. The van der Waals surface area contributed by atoms with Crippen molar-refractivity contribution in [3.05, 3.63) is 12.2 Å². The van der Waals surface area contributed by atoms with E-state index in [-0.39, 0.29) is 5.41 Å². The summed E-state index contributed by atoms with van der Waals surface area (Å²) in [5, 5.41) is 10.8. The van der Waals surface area contributed by atoms with Crippen LogP contribution in [0.3, 0.4) is 0 Å². The molecule has 0 bridgehead atoms. The summed E-state index contributed by atoms with van der Waals surface area (Å²) in [4.78, 5) is 0. The topological polar surface area (TPSA) is 20.2 Å². The third-order valence-corrected chi connectivity index (χ3v) is 5.17. The highest BCUT2D eigenvalue weighted by Crippen LogP contribution is 2.60. The van der Waals surface area contributed by atoms with E-state index in [1.165, 1.54) is 31.3 Å². The molecule has 0 heterocycles. The van der Waals surface area contributed by atoms with E-state index in [0.717, 1.165) is 6.42 Å². The smallest absolute Gasteiger partial charge is 0.0802 e. The van der Waals surface area contributed by atoms with Gasteiger partial charge in [-0.1, -0.05) is 52.2 Å². The van der Waals surface area contributed by atoms with Crippen molar-refractivity contribution in [2.24, 2.45) is 17.3 Å². The van der Waals surface area contributed by atoms with Crippen LogP contribution in [0.1, 0.15) is 52.9 Å². The average molecular weight is 208 g/mol. The zero-order chi connectivity index (χ0) is 11.3. The van der Waals surface area contributed by atoms with E-state index in [0.29, 0.717) is 11.8 Å². The van der Waals surface area contributed by atoms with Crippen molar-refractivity contribution in [2.45, 2.75) is 58.5 Å². The van der Waals surface area contributed by atoms with Gasteiger partial charge in [-0.15, -0.1) is 0 Å². The van der Waals surface area contributed by atoms with Crippen molar-refractivity contribution in [3.63, 3.8) is 0 Å². The van der Waals surface area contributed by atoms with Gasteiger partial charge in [0.1, 0.15) is 0 Å². The van der Waals surface area contributed by atoms with E-state index in [1.807, 2.05) is 0 Å². The van der Waals surface area contributed by atoms with E-state index >= 15 is 0 Å². The molecule has 2 aliphatic carbocycles. The van der Waals surface area contributed by atoms with Gasteiger partial charge in [-0.05, 0) is 24.7 Å². The third-order valence-electron chi connectivity index (χ3n) is 5.17. The zero-order valence-electron chi connectivity index (χ0n) is 10.3. The summed E-state index contributed by atoms with van der Waals surface area (Å²) < 4.78 is 0. The molecule has 0 amide bonds. The molecule has 1 nitrogen and oxygen atoms in total. The van der Waals surface area contributed by atoms with Gasteiger partial charge in [0.25, 0.3) is 0 Å². The lowest BCUT2D eigenvalue weighted by atomic mass is 9.48. The Morgan fingerprint density at radius 2 is 1.87 bits per heavy atom. The maximum atomic E-state index is 10.8. The number of aliphatic hydroxyl groups is 1. The minimum atomic E-state index is -0.468. The molecule has 0 radical (unpaired) electrons. The fraction of sp³-hybridized carbons (Fsp3) is 0.857. The van der Waals surface area contributed by atoms with Gasteiger partial charge in [0, 0.05) is 5.41 Å². The first kappa shape index (κ1) is 11.2. The Kier molecular flexibility index (Phi) is 2.50. The molecule has 0 aromatic rings. The van der Waals surface area contributed by atoms with E-state index in [1.54, 1.807) is 0 Å². The predicted octanol–water partition coefficient (Wildman–Crippen LogP) is 3.53. The SMILES string of the molecule is C=C1CC(O)([C@H]2CCCC[C@H]2C)C1(C)C. The van der Waals surface area contributed by atoms with Crippen LogP contribution in [0.5, 0.6) is 0 Å². The van der Waals surface area contributed by atoms with E-state index in [9.17, 15) is 5.11 Å². The lowest BCUT2D eigenvalue weighted by molar-refractivity contribution is -0.163. The highest BCUT2D eigenvalue weighted by atomic mass is 16.3. The Labute approximate surface area is 93.6 Å². The fourth-order valence-electron chi connectivity index (χ4n) is 3.59. The second-order valence-corrected chi connectivity index (χ2v) is 6.20. The van der Waals surface area contributed by atoms with Crippen molar-refractivity contribution in [1.82, 2.24) is 0 Å². The summed E-state index contributed by atoms with van der Waals surface area (Å²) >= 11 is 0. The zero-order valence-corrected chi connectivity index (χ0v) is 10.3. The highest BCUT2D eigenvalue weighted by molar-refractivity contribution is 5.30. The molecule has 0 spiro atoms. The van der Waals surface area contributed by atoms with Crippen LogP contribution < -0.4 is 0 Å². The molecular weight excluding hydrogens is 184 g/mol. The molecule has 15 heavy (non-hydrogen) atoms. The highest BCUT2D eigenvalue weighted by Gasteiger charge is 2.59.